The molecule has 0 aromatic rings. The predicted octanol–water partition coefficient (Wildman–Crippen LogP) is 2.07. The molecule has 0 spiro atoms. The summed E-state index contributed by atoms with van der Waals surface area (Å²) >= 11 is 11.3. The number of rotatable bonds is 3. The molecule has 0 saturated carbocycles. The van der Waals surface area contributed by atoms with Gasteiger partial charge in [0.25, 0.3) is 0 Å². The Kier molecular flexibility index (Phi) is 5.10. The van der Waals surface area contributed by atoms with Crippen LogP contribution in [-0.2, 0) is 4.74 Å². The lowest BCUT2D eigenvalue weighted by Crippen LogP contribution is -2.43. The SMILES string of the molecule is CC(=CCl)CN1CCOC(CCl)C1. The molecule has 76 valence electrons. The van der Waals surface area contributed by atoms with E-state index in [4.69, 9.17) is 27.9 Å². The van der Waals surface area contributed by atoms with Crippen molar-refractivity contribution >= 4 is 23.2 Å². The van der Waals surface area contributed by atoms with Crippen LogP contribution in [0.5, 0.6) is 0 Å². The van der Waals surface area contributed by atoms with Crippen LogP contribution in [0.1, 0.15) is 6.92 Å². The number of nitrogens with zero attached hydrogens (tertiary/aromatic N) is 1. The minimum atomic E-state index is 0.179. The van der Waals surface area contributed by atoms with Gasteiger partial charge in [-0.2, -0.15) is 0 Å². The van der Waals surface area contributed by atoms with E-state index in [1.165, 1.54) is 5.57 Å². The number of ether oxygens (including phenoxy) is 1. The molecule has 1 unspecified atom stereocenters. The summed E-state index contributed by atoms with van der Waals surface area (Å²) < 4.78 is 5.45. The molecule has 0 radical (unpaired) electrons. The second kappa shape index (κ2) is 5.86. The number of alkyl halides is 1. The van der Waals surface area contributed by atoms with Gasteiger partial charge in [0.05, 0.1) is 12.7 Å². The van der Waals surface area contributed by atoms with Crippen LogP contribution >= 0.6 is 23.2 Å². The van der Waals surface area contributed by atoms with Crippen molar-refractivity contribution in [3.8, 4) is 0 Å². The van der Waals surface area contributed by atoms with E-state index < -0.39 is 0 Å². The van der Waals surface area contributed by atoms with Crippen LogP contribution in [0, 0.1) is 0 Å². The highest BCUT2D eigenvalue weighted by molar-refractivity contribution is 6.25. The third kappa shape index (κ3) is 3.86. The quantitative estimate of drug-likeness (QED) is 0.680. The van der Waals surface area contributed by atoms with Crippen molar-refractivity contribution in [3.05, 3.63) is 11.1 Å². The van der Waals surface area contributed by atoms with Gasteiger partial charge in [0.15, 0.2) is 0 Å². The van der Waals surface area contributed by atoms with Crippen LogP contribution in [0.3, 0.4) is 0 Å². The van der Waals surface area contributed by atoms with E-state index in [-0.39, 0.29) is 6.10 Å². The maximum absolute atomic E-state index is 5.72. The maximum atomic E-state index is 5.72. The summed E-state index contributed by atoms with van der Waals surface area (Å²) in [6.07, 6.45) is 0.179. The first-order valence-electron chi connectivity index (χ1n) is 4.42. The standard InChI is InChI=1S/C9H15Cl2NO/c1-8(4-10)6-12-2-3-13-9(5-11)7-12/h4,9H,2-3,5-7H2,1H3. The minimum absolute atomic E-state index is 0.179. The molecule has 0 aromatic heterocycles. The molecule has 0 aliphatic carbocycles. The molecule has 0 aromatic carbocycles. The van der Waals surface area contributed by atoms with Crippen LogP contribution in [0.25, 0.3) is 0 Å². The molecule has 0 N–H and O–H groups in total. The molecule has 2 nitrogen and oxygen atoms in total. The minimum Gasteiger partial charge on any atom is -0.374 e. The summed E-state index contributed by atoms with van der Waals surface area (Å²) in [7, 11) is 0. The summed E-state index contributed by atoms with van der Waals surface area (Å²) in [4.78, 5) is 2.31. The molecule has 1 aliphatic heterocycles. The van der Waals surface area contributed by atoms with E-state index in [1.54, 1.807) is 5.54 Å². The summed E-state index contributed by atoms with van der Waals surface area (Å²) in [6.45, 7) is 5.59. The van der Waals surface area contributed by atoms with E-state index >= 15 is 0 Å². The predicted molar refractivity (Wildman–Crippen MR) is 56.5 cm³/mol. The highest BCUT2D eigenvalue weighted by Crippen LogP contribution is 2.09. The Morgan fingerprint density at radius 2 is 2.46 bits per heavy atom. The van der Waals surface area contributed by atoms with Gasteiger partial charge in [0.2, 0.25) is 0 Å². The Hall–Kier alpha value is 0.240. The first-order valence-corrected chi connectivity index (χ1v) is 5.39. The second-order valence-electron chi connectivity index (χ2n) is 3.34. The summed E-state index contributed by atoms with van der Waals surface area (Å²) in [5.41, 5.74) is 2.81. The molecule has 1 heterocycles. The summed E-state index contributed by atoms with van der Waals surface area (Å²) in [5.74, 6) is 0.570. The number of hydrogen-bond donors (Lipinski definition) is 0. The third-order valence-corrected chi connectivity index (χ3v) is 2.77. The van der Waals surface area contributed by atoms with Gasteiger partial charge in [-0.1, -0.05) is 11.6 Å². The molecular formula is C9H15Cl2NO. The number of morpholine rings is 1. The van der Waals surface area contributed by atoms with E-state index in [0.717, 1.165) is 26.2 Å². The largest absolute Gasteiger partial charge is 0.374 e. The van der Waals surface area contributed by atoms with E-state index in [1.807, 2.05) is 6.92 Å². The van der Waals surface area contributed by atoms with Crippen molar-refractivity contribution < 1.29 is 4.74 Å². The van der Waals surface area contributed by atoms with Crippen molar-refractivity contribution in [1.82, 2.24) is 4.90 Å². The molecule has 0 bridgehead atoms. The normalized spacial score (nSPS) is 26.4. The lowest BCUT2D eigenvalue weighted by atomic mass is 10.2. The van der Waals surface area contributed by atoms with Crippen molar-refractivity contribution in [3.63, 3.8) is 0 Å². The average molecular weight is 224 g/mol. The summed E-state index contributed by atoms with van der Waals surface area (Å²) in [6, 6.07) is 0. The van der Waals surface area contributed by atoms with E-state index in [0.29, 0.717) is 5.88 Å². The second-order valence-corrected chi connectivity index (χ2v) is 3.86. The van der Waals surface area contributed by atoms with Crippen LogP contribution in [0.4, 0.5) is 0 Å². The zero-order valence-corrected chi connectivity index (χ0v) is 9.31. The fraction of sp³-hybridized carbons (Fsp3) is 0.778. The van der Waals surface area contributed by atoms with E-state index in [2.05, 4.69) is 4.90 Å². The molecule has 1 rings (SSSR count). The van der Waals surface area contributed by atoms with Gasteiger partial charge < -0.3 is 4.74 Å². The van der Waals surface area contributed by atoms with Gasteiger partial charge in [0, 0.05) is 31.0 Å². The zero-order valence-electron chi connectivity index (χ0n) is 7.80. The van der Waals surface area contributed by atoms with Crippen molar-refractivity contribution in [2.45, 2.75) is 13.0 Å². The molecule has 0 amide bonds. The number of halogens is 2. The first-order chi connectivity index (χ1) is 6.26. The van der Waals surface area contributed by atoms with Gasteiger partial charge in [-0.15, -0.1) is 11.6 Å². The highest BCUT2D eigenvalue weighted by atomic mass is 35.5. The van der Waals surface area contributed by atoms with Crippen LogP contribution in [0.15, 0.2) is 11.1 Å². The lowest BCUT2D eigenvalue weighted by Gasteiger charge is -2.31. The zero-order chi connectivity index (χ0) is 9.68. The molecular weight excluding hydrogens is 209 g/mol. The van der Waals surface area contributed by atoms with E-state index in [9.17, 15) is 0 Å². The molecule has 1 atom stereocenters. The van der Waals surface area contributed by atoms with Crippen molar-refractivity contribution in [1.29, 1.82) is 0 Å². The van der Waals surface area contributed by atoms with Gasteiger partial charge in [0.1, 0.15) is 0 Å². The molecule has 13 heavy (non-hydrogen) atoms. The Labute approximate surface area is 89.4 Å². The smallest absolute Gasteiger partial charge is 0.0837 e. The van der Waals surface area contributed by atoms with Gasteiger partial charge in [-0.25, -0.2) is 0 Å². The fourth-order valence-electron chi connectivity index (χ4n) is 1.40. The maximum Gasteiger partial charge on any atom is 0.0837 e. The van der Waals surface area contributed by atoms with Crippen LogP contribution < -0.4 is 0 Å². The van der Waals surface area contributed by atoms with Crippen LogP contribution in [0.2, 0.25) is 0 Å². The van der Waals surface area contributed by atoms with Gasteiger partial charge in [-0.05, 0) is 12.5 Å². The Morgan fingerprint density at radius 1 is 1.69 bits per heavy atom. The average Bonchev–Trinajstić information content (AvgIpc) is 2.18. The van der Waals surface area contributed by atoms with Gasteiger partial charge in [-0.3, -0.25) is 4.90 Å². The summed E-state index contributed by atoms with van der Waals surface area (Å²) in [5, 5.41) is 0. The Morgan fingerprint density at radius 3 is 3.08 bits per heavy atom. The van der Waals surface area contributed by atoms with Crippen LogP contribution in [-0.4, -0.2) is 43.1 Å². The molecule has 4 heteroatoms. The Bertz CT molecular complexity index is 184. The van der Waals surface area contributed by atoms with Crippen molar-refractivity contribution in [2.24, 2.45) is 0 Å². The Balaban J connectivity index is 2.34. The third-order valence-electron chi connectivity index (χ3n) is 2.05. The van der Waals surface area contributed by atoms with Crippen molar-refractivity contribution in [2.75, 3.05) is 32.1 Å². The number of hydrogen-bond acceptors (Lipinski definition) is 2. The molecule has 1 fully saturated rings. The first kappa shape index (κ1) is 11.3. The van der Waals surface area contributed by atoms with Gasteiger partial charge >= 0.3 is 0 Å². The topological polar surface area (TPSA) is 12.5 Å². The fourth-order valence-corrected chi connectivity index (χ4v) is 1.66. The highest BCUT2D eigenvalue weighted by Gasteiger charge is 2.19. The monoisotopic (exact) mass is 223 g/mol. The lowest BCUT2D eigenvalue weighted by molar-refractivity contribution is -0.0129. The molecule has 1 saturated heterocycles. The molecule has 1 aliphatic rings.